The first-order chi connectivity index (χ1) is 31.7. The molecule has 4 heterocycles. The van der Waals surface area contributed by atoms with Crippen LogP contribution >= 0.6 is 23.7 Å². The highest BCUT2D eigenvalue weighted by Gasteiger charge is 2.46. The van der Waals surface area contributed by atoms with Gasteiger partial charge in [-0.2, -0.15) is 0 Å². The zero-order valence-corrected chi connectivity index (χ0v) is 41.6. The number of carbonyl (C=O) groups excluding carboxylic acids is 8. The molecule has 0 spiro atoms. The number of rotatable bonds is 20. The van der Waals surface area contributed by atoms with Crippen molar-refractivity contribution in [2.45, 2.75) is 161 Å². The fourth-order valence-corrected chi connectivity index (χ4v) is 9.87. The van der Waals surface area contributed by atoms with Crippen LogP contribution in [0.4, 0.5) is 0 Å². The molecule has 1 aromatic carbocycles. The molecule has 5 rings (SSSR count). The van der Waals surface area contributed by atoms with Gasteiger partial charge in [-0.1, -0.05) is 64.3 Å². The van der Waals surface area contributed by atoms with Crippen molar-refractivity contribution in [2.24, 2.45) is 16.9 Å². The number of benzene rings is 1. The van der Waals surface area contributed by atoms with Crippen LogP contribution in [0.3, 0.4) is 0 Å². The van der Waals surface area contributed by atoms with Gasteiger partial charge in [-0.25, -0.2) is 4.98 Å². The van der Waals surface area contributed by atoms with E-state index in [1.54, 1.807) is 21.7 Å². The Bertz CT molecular complexity index is 2100. The second-order valence-electron chi connectivity index (χ2n) is 19.2. The second kappa shape index (κ2) is 25.4. The molecule has 8 amide bonds. The van der Waals surface area contributed by atoms with Crippen molar-refractivity contribution in [3.63, 3.8) is 0 Å². The smallest absolute Gasteiger partial charge is 0.246 e. The average Bonchev–Trinajstić information content (AvgIpc) is 4.02. The first-order valence-corrected chi connectivity index (χ1v) is 24.4. The minimum Gasteiger partial charge on any atom is -0.391 e. The van der Waals surface area contributed by atoms with E-state index in [0.717, 1.165) is 41.0 Å². The zero-order chi connectivity index (χ0) is 49.0. The van der Waals surface area contributed by atoms with E-state index in [1.807, 2.05) is 52.0 Å². The third-order valence-electron chi connectivity index (χ3n) is 12.9. The Morgan fingerprint density at radius 1 is 0.897 bits per heavy atom. The van der Waals surface area contributed by atoms with Crippen LogP contribution in [0.1, 0.15) is 116 Å². The van der Waals surface area contributed by atoms with Crippen LogP contribution in [-0.4, -0.2) is 141 Å². The number of nitrogens with two attached hydrogens (primary N) is 2. The number of aliphatic hydroxyl groups is 1. The summed E-state index contributed by atoms with van der Waals surface area (Å²) >= 11 is 1.56. The largest absolute Gasteiger partial charge is 0.391 e. The molecule has 2 aromatic rings. The lowest BCUT2D eigenvalue weighted by Crippen LogP contribution is -2.60. The number of aryl methyl sites for hydroxylation is 1. The Hall–Kier alpha value is -5.18. The standard InChI is InChI=1S/C47H70N10O9S.ClH/c1-28-40(67-27-52-28)31-14-12-30(13-15-31)24-51-43(63)37-23-33(59)25-56(37)46(66)41(47(3,4)5)54-39(61)11-9-7-6-8-10-21-50-42(62)35(17-19-38(49)60)53-44(64)36-18-16-32-20-22-55(29(2)58)26-34(48)45(65)57(32)36;/h12-15,27,32-37,41,59H,6-11,16-26,48H2,1-5H3,(H2,49,60)(H,50,62)(H,51,63)(H,53,64)(H,54,61);1H/t32-,33-,34+,35+,36+,37+,41-;/m1./s1. The fourth-order valence-electron chi connectivity index (χ4n) is 9.06. The van der Waals surface area contributed by atoms with Crippen LogP contribution < -0.4 is 32.7 Å². The van der Waals surface area contributed by atoms with Gasteiger partial charge in [0, 0.05) is 65.0 Å². The predicted octanol–water partition coefficient (Wildman–Crippen LogP) is 1.80. The summed E-state index contributed by atoms with van der Waals surface area (Å²) in [5.74, 6) is -3.32. The molecule has 7 atom stereocenters. The summed E-state index contributed by atoms with van der Waals surface area (Å²) in [6.07, 6.45) is 4.05. The number of β-amino-alcohol motifs (C(OH)–C–C–N with tert-alkyl or cyclic N) is 1. The maximum atomic E-state index is 14.0. The Kier molecular flexibility index (Phi) is 20.7. The molecule has 376 valence electrons. The van der Waals surface area contributed by atoms with Gasteiger partial charge in [-0.05, 0) is 62.0 Å². The molecular weight excluding hydrogens is 916 g/mol. The van der Waals surface area contributed by atoms with E-state index in [9.17, 15) is 43.5 Å². The highest BCUT2D eigenvalue weighted by molar-refractivity contribution is 7.13. The van der Waals surface area contributed by atoms with Crippen molar-refractivity contribution in [3.8, 4) is 10.4 Å². The van der Waals surface area contributed by atoms with Gasteiger partial charge in [-0.15, -0.1) is 23.7 Å². The van der Waals surface area contributed by atoms with E-state index in [4.69, 9.17) is 11.5 Å². The van der Waals surface area contributed by atoms with Gasteiger partial charge < -0.3 is 52.5 Å². The summed E-state index contributed by atoms with van der Waals surface area (Å²) in [6, 6.07) is 2.84. The SMILES string of the molecule is CC(=O)N1CC[C@H]2CC[C@@H](C(=O)N[C@@H](CCC(N)=O)C(=O)NCCCCCCCC(=O)N[C@H](C(=O)N3C[C@H](O)C[C@H]3C(=O)NCc3ccc(-c4scnc4C)cc3)C(C)(C)C)N2C(=O)[C@@H](N)C1.Cl. The van der Waals surface area contributed by atoms with Gasteiger partial charge in [0.2, 0.25) is 47.3 Å². The first kappa shape index (κ1) is 55.4. The molecule has 0 unspecified atom stereocenters. The molecule has 19 nitrogen and oxygen atoms in total. The van der Waals surface area contributed by atoms with Crippen molar-refractivity contribution >= 4 is 71.0 Å². The monoisotopic (exact) mass is 986 g/mol. The number of fused-ring (bicyclic) bond motifs is 1. The lowest BCUT2D eigenvalue weighted by atomic mass is 9.85. The van der Waals surface area contributed by atoms with Crippen LogP contribution in [0.25, 0.3) is 10.4 Å². The van der Waals surface area contributed by atoms with E-state index in [1.165, 1.54) is 16.7 Å². The number of unbranched alkanes of at least 4 members (excludes halogenated alkanes) is 4. The molecule has 3 saturated heterocycles. The van der Waals surface area contributed by atoms with Crippen LogP contribution in [0.15, 0.2) is 29.8 Å². The molecule has 0 aliphatic carbocycles. The number of nitrogens with one attached hydrogen (secondary N) is 4. The maximum absolute atomic E-state index is 14.0. The summed E-state index contributed by atoms with van der Waals surface area (Å²) < 4.78 is 0. The molecule has 0 radical (unpaired) electrons. The number of halogens is 1. The van der Waals surface area contributed by atoms with Gasteiger partial charge in [0.25, 0.3) is 0 Å². The Morgan fingerprint density at radius 2 is 1.59 bits per heavy atom. The summed E-state index contributed by atoms with van der Waals surface area (Å²) in [4.78, 5) is 114. The number of likely N-dealkylation sites (tertiary alicyclic amines) is 1. The first-order valence-electron chi connectivity index (χ1n) is 23.5. The zero-order valence-electron chi connectivity index (χ0n) is 39.9. The van der Waals surface area contributed by atoms with Gasteiger partial charge in [0.1, 0.15) is 30.2 Å². The highest BCUT2D eigenvalue weighted by Crippen LogP contribution is 2.31. The number of thiazole rings is 1. The molecule has 0 bridgehead atoms. The average molecular weight is 988 g/mol. The van der Waals surface area contributed by atoms with Gasteiger partial charge in [-0.3, -0.25) is 38.4 Å². The van der Waals surface area contributed by atoms with Crippen molar-refractivity contribution in [3.05, 3.63) is 41.0 Å². The van der Waals surface area contributed by atoms with Crippen molar-refractivity contribution in [1.29, 1.82) is 0 Å². The van der Waals surface area contributed by atoms with Crippen LogP contribution in [0, 0.1) is 12.3 Å². The van der Waals surface area contributed by atoms with Crippen molar-refractivity contribution in [1.82, 2.24) is 41.0 Å². The lowest BCUT2D eigenvalue weighted by Gasteiger charge is -2.37. The number of nitrogens with zero attached hydrogens (tertiary/aromatic N) is 4. The number of aliphatic hydroxyl groups excluding tert-OH is 1. The van der Waals surface area contributed by atoms with E-state index in [0.29, 0.717) is 45.2 Å². The summed E-state index contributed by atoms with van der Waals surface area (Å²) in [6.45, 7) is 9.89. The van der Waals surface area contributed by atoms with Crippen LogP contribution in [-0.2, 0) is 44.9 Å². The van der Waals surface area contributed by atoms with E-state index < -0.39 is 71.3 Å². The molecule has 9 N–H and O–H groups in total. The van der Waals surface area contributed by atoms with Crippen molar-refractivity contribution < 1.29 is 43.5 Å². The molecular formula is C47H71ClN10O9S. The summed E-state index contributed by atoms with van der Waals surface area (Å²) in [5.41, 5.74) is 15.5. The number of hydrogen-bond acceptors (Lipinski definition) is 12. The predicted molar refractivity (Wildman–Crippen MR) is 258 cm³/mol. The molecule has 3 fully saturated rings. The normalized spacial score (nSPS) is 21.4. The lowest BCUT2D eigenvalue weighted by molar-refractivity contribution is -0.144. The molecule has 3 aliphatic heterocycles. The number of hydrogen-bond donors (Lipinski definition) is 7. The Labute approximate surface area is 409 Å². The van der Waals surface area contributed by atoms with E-state index >= 15 is 0 Å². The molecule has 0 saturated carbocycles. The molecule has 68 heavy (non-hydrogen) atoms. The van der Waals surface area contributed by atoms with Gasteiger partial charge in [0.05, 0.1) is 22.2 Å². The quantitative estimate of drug-likeness (QED) is 0.0940. The van der Waals surface area contributed by atoms with Gasteiger partial charge in [0.15, 0.2) is 0 Å². The third kappa shape index (κ3) is 15.2. The Balaban J connectivity index is 0.0000101. The highest BCUT2D eigenvalue weighted by atomic mass is 35.5. The summed E-state index contributed by atoms with van der Waals surface area (Å²) in [5, 5.41) is 22.0. The summed E-state index contributed by atoms with van der Waals surface area (Å²) in [7, 11) is 0. The van der Waals surface area contributed by atoms with Crippen LogP contribution in [0.2, 0.25) is 0 Å². The Morgan fingerprint density at radius 3 is 2.24 bits per heavy atom. The number of aromatic nitrogens is 1. The van der Waals surface area contributed by atoms with E-state index in [-0.39, 0.29) is 81.5 Å². The number of amides is 8. The fraction of sp³-hybridized carbons (Fsp3) is 0.638. The minimum absolute atomic E-state index is 0. The number of primary amides is 1. The molecule has 3 aliphatic rings. The maximum Gasteiger partial charge on any atom is 0.246 e. The van der Waals surface area contributed by atoms with E-state index in [2.05, 4.69) is 26.3 Å². The van der Waals surface area contributed by atoms with Crippen LogP contribution in [0.5, 0.6) is 0 Å². The second-order valence-corrected chi connectivity index (χ2v) is 20.0. The van der Waals surface area contributed by atoms with Crippen molar-refractivity contribution in [2.75, 3.05) is 26.2 Å². The topological polar surface area (TPSA) is 280 Å². The number of carbonyl (C=O) groups is 8. The molecule has 21 heteroatoms. The minimum atomic E-state index is -1.06. The third-order valence-corrected chi connectivity index (χ3v) is 13.9. The molecule has 1 aromatic heterocycles. The van der Waals surface area contributed by atoms with Gasteiger partial charge >= 0.3 is 0 Å².